The summed E-state index contributed by atoms with van der Waals surface area (Å²) < 4.78 is 0. The monoisotopic (exact) mass is 310 g/mol. The van der Waals surface area contributed by atoms with Crippen LogP contribution in [0.25, 0.3) is 0 Å². The number of para-hydroxylation sites is 2. The predicted octanol–water partition coefficient (Wildman–Crippen LogP) is 3.94. The van der Waals surface area contributed by atoms with Crippen LogP contribution in [0.4, 0.5) is 11.4 Å². The van der Waals surface area contributed by atoms with Crippen molar-refractivity contribution in [3.63, 3.8) is 0 Å². The van der Waals surface area contributed by atoms with Gasteiger partial charge in [-0.3, -0.25) is 4.99 Å². The van der Waals surface area contributed by atoms with Crippen LogP contribution in [0, 0.1) is 5.92 Å². The Balaban J connectivity index is 1.82. The summed E-state index contributed by atoms with van der Waals surface area (Å²) in [6.45, 7) is 2.04. The van der Waals surface area contributed by atoms with Gasteiger partial charge in [0.25, 0.3) is 0 Å². The van der Waals surface area contributed by atoms with Gasteiger partial charge >= 0.3 is 0 Å². The van der Waals surface area contributed by atoms with E-state index in [-0.39, 0.29) is 12.0 Å². The highest BCUT2D eigenvalue weighted by Gasteiger charge is 2.38. The number of hydrogen-bond donors (Lipinski definition) is 2. The lowest BCUT2D eigenvalue weighted by Crippen LogP contribution is -2.27. The van der Waals surface area contributed by atoms with Gasteiger partial charge in [-0.1, -0.05) is 41.9 Å². The minimum Gasteiger partial charge on any atom is -0.308 e. The predicted molar refractivity (Wildman–Crippen MR) is 90.3 cm³/mol. The molecule has 2 N–H and O–H groups in total. The van der Waals surface area contributed by atoms with Gasteiger partial charge < -0.3 is 5.43 Å². The van der Waals surface area contributed by atoms with E-state index in [9.17, 15) is 0 Å². The summed E-state index contributed by atoms with van der Waals surface area (Å²) in [6.07, 6.45) is 0. The first-order valence-electron chi connectivity index (χ1n) is 7.23. The van der Waals surface area contributed by atoms with Crippen molar-refractivity contribution in [1.29, 1.82) is 0 Å². The molecule has 2 aliphatic heterocycles. The molecule has 0 aromatic heterocycles. The van der Waals surface area contributed by atoms with Gasteiger partial charge in [-0.15, -0.1) is 0 Å². The molecule has 4 nitrogen and oxygen atoms in total. The van der Waals surface area contributed by atoms with Crippen LogP contribution < -0.4 is 10.9 Å². The molecule has 2 atom stereocenters. The van der Waals surface area contributed by atoms with Crippen LogP contribution in [0.1, 0.15) is 18.5 Å². The smallest absolute Gasteiger partial charge is 0.127 e. The fourth-order valence-electron chi connectivity index (χ4n) is 3.03. The van der Waals surface area contributed by atoms with Gasteiger partial charge in [-0.25, -0.2) is 10.4 Å². The van der Waals surface area contributed by atoms with Crippen molar-refractivity contribution in [3.8, 4) is 0 Å². The lowest BCUT2D eigenvalue weighted by Gasteiger charge is -2.18. The second kappa shape index (κ2) is 5.23. The van der Waals surface area contributed by atoms with Crippen LogP contribution in [0.15, 0.2) is 58.5 Å². The molecule has 22 heavy (non-hydrogen) atoms. The molecule has 0 radical (unpaired) electrons. The number of halogens is 1. The maximum absolute atomic E-state index is 6.37. The van der Waals surface area contributed by atoms with Crippen LogP contribution in [0.5, 0.6) is 0 Å². The molecular formula is C17H15ClN4. The topological polar surface area (TPSA) is 48.8 Å². The Morgan fingerprint density at radius 3 is 2.41 bits per heavy atom. The number of amidine groups is 1. The highest BCUT2D eigenvalue weighted by atomic mass is 35.5. The highest BCUT2D eigenvalue weighted by Crippen LogP contribution is 2.38. The molecule has 1 fully saturated rings. The van der Waals surface area contributed by atoms with Crippen molar-refractivity contribution in [2.75, 3.05) is 0 Å². The minimum atomic E-state index is 0.0190. The first-order valence-corrected chi connectivity index (χ1v) is 7.60. The van der Waals surface area contributed by atoms with E-state index in [4.69, 9.17) is 21.6 Å². The first-order chi connectivity index (χ1) is 10.7. The fourth-order valence-corrected chi connectivity index (χ4v) is 3.29. The number of hydrogen-bond acceptors (Lipinski definition) is 4. The van der Waals surface area contributed by atoms with Gasteiger partial charge in [0.05, 0.1) is 23.3 Å². The Hall–Kier alpha value is -2.17. The van der Waals surface area contributed by atoms with Crippen molar-refractivity contribution in [2.45, 2.75) is 13.0 Å². The van der Waals surface area contributed by atoms with E-state index < -0.39 is 0 Å². The molecule has 2 heterocycles. The van der Waals surface area contributed by atoms with E-state index in [0.717, 1.165) is 33.5 Å². The van der Waals surface area contributed by atoms with Crippen LogP contribution >= 0.6 is 11.6 Å². The third kappa shape index (κ3) is 2.12. The second-order valence-electron chi connectivity index (χ2n) is 5.49. The molecule has 0 saturated carbocycles. The summed E-state index contributed by atoms with van der Waals surface area (Å²) in [6, 6.07) is 15.8. The standard InChI is InChI=1S/C17H15ClN4/c1-10-15-16(11-6-2-3-7-12(11)18)21-22-17(15)20-14-9-5-4-8-13(14)19-10/h2-9,15-16,21H,1H3,(H,20,22). The summed E-state index contributed by atoms with van der Waals surface area (Å²) >= 11 is 6.37. The molecule has 0 amide bonds. The third-order valence-electron chi connectivity index (χ3n) is 4.09. The van der Waals surface area contributed by atoms with Crippen molar-refractivity contribution in [1.82, 2.24) is 10.9 Å². The summed E-state index contributed by atoms with van der Waals surface area (Å²) in [5.74, 6) is 0.934. The van der Waals surface area contributed by atoms with Gasteiger partial charge in [-0.2, -0.15) is 0 Å². The Kier molecular flexibility index (Phi) is 3.21. The minimum absolute atomic E-state index is 0.0190. The molecule has 1 saturated heterocycles. The molecule has 2 aromatic rings. The molecular weight excluding hydrogens is 296 g/mol. The zero-order chi connectivity index (χ0) is 15.1. The summed E-state index contributed by atoms with van der Waals surface area (Å²) in [4.78, 5) is 9.51. The fraction of sp³-hybridized carbons (Fsp3) is 0.176. The summed E-state index contributed by atoms with van der Waals surface area (Å²) in [5.41, 5.74) is 10.4. The number of nitrogens with zero attached hydrogens (tertiary/aromatic N) is 2. The van der Waals surface area contributed by atoms with E-state index in [1.165, 1.54) is 0 Å². The van der Waals surface area contributed by atoms with Gasteiger partial charge in [-0.05, 0) is 30.7 Å². The molecule has 110 valence electrons. The Bertz CT molecular complexity index is 797. The van der Waals surface area contributed by atoms with E-state index in [2.05, 4.69) is 10.9 Å². The van der Waals surface area contributed by atoms with E-state index in [1.807, 2.05) is 55.5 Å². The number of rotatable bonds is 1. The number of benzene rings is 2. The van der Waals surface area contributed by atoms with Gasteiger partial charge in [0.2, 0.25) is 0 Å². The van der Waals surface area contributed by atoms with E-state index >= 15 is 0 Å². The second-order valence-corrected chi connectivity index (χ2v) is 5.89. The molecule has 2 aromatic carbocycles. The van der Waals surface area contributed by atoms with Gasteiger partial charge in [0.1, 0.15) is 5.84 Å². The number of nitrogens with one attached hydrogen (secondary N) is 2. The Morgan fingerprint density at radius 2 is 1.64 bits per heavy atom. The number of aliphatic imine (C=N–C) groups is 2. The lowest BCUT2D eigenvalue weighted by molar-refractivity contribution is 0.553. The summed E-state index contributed by atoms with van der Waals surface area (Å²) in [5, 5.41) is 0.748. The van der Waals surface area contributed by atoms with Crippen molar-refractivity contribution in [2.24, 2.45) is 15.9 Å². The van der Waals surface area contributed by atoms with E-state index in [0.29, 0.717) is 0 Å². The van der Waals surface area contributed by atoms with E-state index in [1.54, 1.807) is 0 Å². The zero-order valence-electron chi connectivity index (χ0n) is 12.0. The van der Waals surface area contributed by atoms with Crippen LogP contribution in [0.3, 0.4) is 0 Å². The maximum Gasteiger partial charge on any atom is 0.127 e. The SMILES string of the molecule is CC1=Nc2ccccc2N=C2NNC(c3ccccc3Cl)C12. The van der Waals surface area contributed by atoms with Crippen LogP contribution in [0.2, 0.25) is 5.02 Å². The largest absolute Gasteiger partial charge is 0.308 e. The quantitative estimate of drug-likeness (QED) is 0.838. The number of hydrazine groups is 1. The normalized spacial score (nSPS) is 22.8. The molecule has 0 spiro atoms. The third-order valence-corrected chi connectivity index (χ3v) is 4.44. The maximum atomic E-state index is 6.37. The lowest BCUT2D eigenvalue weighted by atomic mass is 9.90. The number of fused-ring (bicyclic) bond motifs is 2. The molecule has 2 unspecified atom stereocenters. The average Bonchev–Trinajstić information content (AvgIpc) is 2.87. The summed E-state index contributed by atoms with van der Waals surface area (Å²) in [7, 11) is 0. The van der Waals surface area contributed by atoms with Crippen molar-refractivity contribution >= 4 is 34.5 Å². The highest BCUT2D eigenvalue weighted by molar-refractivity contribution is 6.31. The molecule has 2 aliphatic rings. The van der Waals surface area contributed by atoms with Crippen LogP contribution in [-0.4, -0.2) is 11.5 Å². The zero-order valence-corrected chi connectivity index (χ0v) is 12.8. The van der Waals surface area contributed by atoms with Crippen molar-refractivity contribution in [3.05, 3.63) is 59.1 Å². The van der Waals surface area contributed by atoms with Crippen molar-refractivity contribution < 1.29 is 0 Å². The van der Waals surface area contributed by atoms with Gasteiger partial charge in [0, 0.05) is 10.7 Å². The Morgan fingerprint density at radius 1 is 0.955 bits per heavy atom. The molecule has 5 heteroatoms. The molecule has 0 bridgehead atoms. The first kappa shape index (κ1) is 13.5. The molecule has 4 rings (SSSR count). The average molecular weight is 311 g/mol. The molecule has 0 aliphatic carbocycles. The Labute approximate surface area is 133 Å². The van der Waals surface area contributed by atoms with Crippen LogP contribution in [-0.2, 0) is 0 Å². The van der Waals surface area contributed by atoms with Gasteiger partial charge in [0.15, 0.2) is 0 Å².